The van der Waals surface area contributed by atoms with E-state index in [1.54, 1.807) is 24.3 Å². The van der Waals surface area contributed by atoms with Crippen LogP contribution in [0.15, 0.2) is 47.5 Å². The number of aromatic nitrogens is 1. The van der Waals surface area contributed by atoms with Crippen molar-refractivity contribution in [3.8, 4) is 11.6 Å². The van der Waals surface area contributed by atoms with Gasteiger partial charge in [0.05, 0.1) is 10.5 Å². The highest BCUT2D eigenvalue weighted by atomic mass is 32.2. The van der Waals surface area contributed by atoms with Gasteiger partial charge in [-0.25, -0.2) is 13.4 Å². The lowest BCUT2D eigenvalue weighted by Gasteiger charge is -2.08. The minimum absolute atomic E-state index is 0.172. The van der Waals surface area contributed by atoms with Crippen molar-refractivity contribution in [3.63, 3.8) is 0 Å². The Morgan fingerprint density at radius 3 is 2.60 bits per heavy atom. The van der Waals surface area contributed by atoms with E-state index in [1.807, 2.05) is 0 Å². The third kappa shape index (κ3) is 5.86. The number of amides is 1. The molecule has 134 valence electrons. The smallest absolute Gasteiger partial charge is 0.252 e. The average Bonchev–Trinajstić information content (AvgIpc) is 2.54. The first kappa shape index (κ1) is 18.9. The van der Waals surface area contributed by atoms with Gasteiger partial charge in [-0.05, 0) is 36.6 Å². The van der Waals surface area contributed by atoms with Gasteiger partial charge in [-0.1, -0.05) is 19.9 Å². The standard InChI is InChI=1S/C18H22N2O4S/c1-13(2)9-10-19-18(21)14-7-8-17(20-12-14)24-15-5-4-6-16(11-15)25(3,22)23/h4-8,11-13H,9-10H2,1-3H3,(H,19,21). The van der Waals surface area contributed by atoms with Crippen LogP contribution in [0.1, 0.15) is 30.6 Å². The Bertz CT molecular complexity index is 830. The Morgan fingerprint density at radius 1 is 1.24 bits per heavy atom. The molecule has 1 aromatic carbocycles. The molecule has 0 bridgehead atoms. The highest BCUT2D eigenvalue weighted by molar-refractivity contribution is 7.90. The molecular formula is C18H22N2O4S. The van der Waals surface area contributed by atoms with Gasteiger partial charge in [-0.3, -0.25) is 4.79 Å². The number of hydrogen-bond acceptors (Lipinski definition) is 5. The molecule has 7 heteroatoms. The maximum Gasteiger partial charge on any atom is 0.252 e. The van der Waals surface area contributed by atoms with Crippen molar-refractivity contribution in [2.24, 2.45) is 5.92 Å². The van der Waals surface area contributed by atoms with Gasteiger partial charge in [0, 0.05) is 25.1 Å². The molecule has 2 rings (SSSR count). The SMILES string of the molecule is CC(C)CCNC(=O)c1ccc(Oc2cccc(S(C)(=O)=O)c2)nc1. The van der Waals surface area contributed by atoms with Crippen LogP contribution in [0.5, 0.6) is 11.6 Å². The summed E-state index contributed by atoms with van der Waals surface area (Å²) < 4.78 is 28.7. The number of hydrogen-bond donors (Lipinski definition) is 1. The molecule has 1 N–H and O–H groups in total. The highest BCUT2D eigenvalue weighted by Crippen LogP contribution is 2.22. The lowest BCUT2D eigenvalue weighted by molar-refractivity contribution is 0.0951. The summed E-state index contributed by atoms with van der Waals surface area (Å²) in [6.45, 7) is 4.81. The van der Waals surface area contributed by atoms with E-state index in [1.165, 1.54) is 18.3 Å². The second-order valence-electron chi connectivity index (χ2n) is 6.17. The van der Waals surface area contributed by atoms with E-state index >= 15 is 0 Å². The largest absolute Gasteiger partial charge is 0.439 e. The number of ether oxygens (including phenoxy) is 1. The van der Waals surface area contributed by atoms with Crippen molar-refractivity contribution in [3.05, 3.63) is 48.2 Å². The molecule has 1 amide bonds. The Morgan fingerprint density at radius 2 is 2.00 bits per heavy atom. The highest BCUT2D eigenvalue weighted by Gasteiger charge is 2.10. The normalized spacial score (nSPS) is 11.4. The molecule has 0 aliphatic rings. The number of carbonyl (C=O) groups excluding carboxylic acids is 1. The van der Waals surface area contributed by atoms with Gasteiger partial charge in [0.2, 0.25) is 5.88 Å². The molecule has 2 aromatic rings. The Labute approximate surface area is 148 Å². The first-order valence-corrected chi connectivity index (χ1v) is 9.87. The quantitative estimate of drug-likeness (QED) is 0.818. The number of sulfone groups is 1. The van der Waals surface area contributed by atoms with Crippen molar-refractivity contribution >= 4 is 15.7 Å². The second kappa shape index (κ2) is 8.11. The number of rotatable bonds is 7. The summed E-state index contributed by atoms with van der Waals surface area (Å²) in [5, 5.41) is 2.84. The fourth-order valence-corrected chi connectivity index (χ4v) is 2.70. The average molecular weight is 362 g/mol. The van der Waals surface area contributed by atoms with Crippen LogP contribution < -0.4 is 10.1 Å². The van der Waals surface area contributed by atoms with Gasteiger partial charge in [0.15, 0.2) is 9.84 Å². The van der Waals surface area contributed by atoms with E-state index in [0.29, 0.717) is 23.8 Å². The first-order valence-electron chi connectivity index (χ1n) is 7.98. The number of benzene rings is 1. The molecule has 0 atom stereocenters. The van der Waals surface area contributed by atoms with Crippen LogP contribution >= 0.6 is 0 Å². The van der Waals surface area contributed by atoms with Crippen molar-refractivity contribution < 1.29 is 17.9 Å². The topological polar surface area (TPSA) is 85.4 Å². The maximum absolute atomic E-state index is 12.0. The lowest BCUT2D eigenvalue weighted by atomic mass is 10.1. The van der Waals surface area contributed by atoms with E-state index in [-0.39, 0.29) is 16.7 Å². The Kier molecular flexibility index (Phi) is 6.14. The number of pyridine rings is 1. The van der Waals surface area contributed by atoms with Crippen molar-refractivity contribution in [2.75, 3.05) is 12.8 Å². The minimum Gasteiger partial charge on any atom is -0.439 e. The van der Waals surface area contributed by atoms with Gasteiger partial charge in [0.25, 0.3) is 5.91 Å². The predicted octanol–water partition coefficient (Wildman–Crippen LogP) is 3.05. The van der Waals surface area contributed by atoms with E-state index in [0.717, 1.165) is 12.7 Å². The first-order chi connectivity index (χ1) is 11.8. The Balaban J connectivity index is 2.02. The van der Waals surface area contributed by atoms with Crippen molar-refractivity contribution in [2.45, 2.75) is 25.2 Å². The summed E-state index contributed by atoms with van der Waals surface area (Å²) in [5.41, 5.74) is 0.445. The fraction of sp³-hybridized carbons (Fsp3) is 0.333. The molecule has 0 saturated carbocycles. The van der Waals surface area contributed by atoms with Gasteiger partial charge in [-0.15, -0.1) is 0 Å². The molecule has 0 aliphatic heterocycles. The molecule has 0 fully saturated rings. The maximum atomic E-state index is 12.0. The third-order valence-corrected chi connectivity index (χ3v) is 4.57. The van der Waals surface area contributed by atoms with Crippen LogP contribution in [0.2, 0.25) is 0 Å². The minimum atomic E-state index is -3.30. The summed E-state index contributed by atoms with van der Waals surface area (Å²) >= 11 is 0. The molecule has 0 unspecified atom stereocenters. The van der Waals surface area contributed by atoms with E-state index in [9.17, 15) is 13.2 Å². The second-order valence-corrected chi connectivity index (χ2v) is 8.19. The summed E-state index contributed by atoms with van der Waals surface area (Å²) in [7, 11) is -3.30. The van der Waals surface area contributed by atoms with Crippen LogP contribution in [-0.2, 0) is 9.84 Å². The number of nitrogens with zero attached hydrogens (tertiary/aromatic N) is 1. The van der Waals surface area contributed by atoms with E-state index in [2.05, 4.69) is 24.1 Å². The zero-order valence-corrected chi connectivity index (χ0v) is 15.3. The lowest BCUT2D eigenvalue weighted by Crippen LogP contribution is -2.25. The summed E-state index contributed by atoms with van der Waals surface area (Å²) in [6.07, 6.45) is 3.48. The summed E-state index contributed by atoms with van der Waals surface area (Å²) in [4.78, 5) is 16.3. The van der Waals surface area contributed by atoms with Crippen molar-refractivity contribution in [1.29, 1.82) is 0 Å². The molecule has 25 heavy (non-hydrogen) atoms. The molecule has 0 aliphatic carbocycles. The van der Waals surface area contributed by atoms with Crippen LogP contribution in [0.3, 0.4) is 0 Å². The molecular weight excluding hydrogens is 340 g/mol. The van der Waals surface area contributed by atoms with Crippen LogP contribution in [-0.4, -0.2) is 32.1 Å². The van der Waals surface area contributed by atoms with Crippen LogP contribution in [0, 0.1) is 5.92 Å². The predicted molar refractivity (Wildman–Crippen MR) is 95.7 cm³/mol. The number of nitrogens with one attached hydrogen (secondary N) is 1. The molecule has 0 saturated heterocycles. The zero-order chi connectivity index (χ0) is 18.4. The third-order valence-electron chi connectivity index (χ3n) is 3.46. The van der Waals surface area contributed by atoms with Gasteiger partial charge in [-0.2, -0.15) is 0 Å². The molecule has 1 heterocycles. The molecule has 0 spiro atoms. The van der Waals surface area contributed by atoms with Crippen LogP contribution in [0.25, 0.3) is 0 Å². The van der Waals surface area contributed by atoms with Crippen molar-refractivity contribution in [1.82, 2.24) is 10.3 Å². The van der Waals surface area contributed by atoms with Gasteiger partial charge in [0.1, 0.15) is 5.75 Å². The van der Waals surface area contributed by atoms with E-state index < -0.39 is 9.84 Å². The van der Waals surface area contributed by atoms with Crippen LogP contribution in [0.4, 0.5) is 0 Å². The summed E-state index contributed by atoms with van der Waals surface area (Å²) in [5.74, 6) is 0.990. The number of carbonyl (C=O) groups is 1. The monoisotopic (exact) mass is 362 g/mol. The Hall–Kier alpha value is -2.41. The van der Waals surface area contributed by atoms with E-state index in [4.69, 9.17) is 4.74 Å². The zero-order valence-electron chi connectivity index (χ0n) is 14.5. The summed E-state index contributed by atoms with van der Waals surface area (Å²) in [6, 6.07) is 9.37. The molecule has 6 nitrogen and oxygen atoms in total. The molecule has 0 radical (unpaired) electrons. The van der Waals surface area contributed by atoms with Gasteiger partial charge >= 0.3 is 0 Å². The molecule has 1 aromatic heterocycles. The van der Waals surface area contributed by atoms with Gasteiger partial charge < -0.3 is 10.1 Å². The fourth-order valence-electron chi connectivity index (χ4n) is 2.04.